The number of nitrogens with two attached hydrogens (primary N) is 1. The quantitative estimate of drug-likeness (QED) is 0.868. The zero-order chi connectivity index (χ0) is 13.1. The predicted molar refractivity (Wildman–Crippen MR) is 68.8 cm³/mol. The average molecular weight is 232 g/mol. The molecule has 3 nitrogen and oxygen atoms in total. The highest BCUT2D eigenvalue weighted by Crippen LogP contribution is 2.23. The zero-order valence-corrected chi connectivity index (χ0v) is 10.9. The lowest BCUT2D eigenvalue weighted by molar-refractivity contribution is 0.190. The minimum absolute atomic E-state index is 0.0786. The minimum Gasteiger partial charge on any atom is -0.490 e. The molecule has 0 saturated carbocycles. The molecule has 0 saturated heterocycles. The molecule has 0 heterocycles. The number of hydrogen-bond donors (Lipinski definition) is 1. The fraction of sp³-hybridized carbons (Fsp3) is 0.500. The Bertz CT molecular complexity index is 432. The molecule has 3 heteroatoms. The van der Waals surface area contributed by atoms with E-state index >= 15 is 0 Å². The van der Waals surface area contributed by atoms with Gasteiger partial charge in [-0.1, -0.05) is 12.1 Å². The first kappa shape index (κ1) is 13.5. The molecule has 2 N–H and O–H groups in total. The number of benzene rings is 1. The van der Waals surface area contributed by atoms with E-state index in [1.807, 2.05) is 26.0 Å². The lowest BCUT2D eigenvalue weighted by Gasteiger charge is -2.22. The molecule has 0 aliphatic carbocycles. The molecule has 0 fully saturated rings. The summed E-state index contributed by atoms with van der Waals surface area (Å²) >= 11 is 0. The summed E-state index contributed by atoms with van der Waals surface area (Å²) in [6.07, 6.45) is 0.432. The summed E-state index contributed by atoms with van der Waals surface area (Å²) in [4.78, 5) is 0. The van der Waals surface area contributed by atoms with Gasteiger partial charge in [0.05, 0.1) is 12.2 Å². The van der Waals surface area contributed by atoms with Gasteiger partial charge < -0.3 is 10.5 Å². The van der Waals surface area contributed by atoms with Crippen molar-refractivity contribution in [3.05, 3.63) is 29.3 Å². The standard InChI is InChI=1S/C14H20N2O/c1-10-6-5-7-13(12(10)3)17-11(2)8-14(4,16)9-15/h5-7,11H,8,16H2,1-4H3. The summed E-state index contributed by atoms with van der Waals surface area (Å²) in [5, 5.41) is 8.88. The molecular weight excluding hydrogens is 212 g/mol. The molecule has 0 spiro atoms. The Kier molecular flexibility index (Phi) is 4.14. The normalized spacial score (nSPS) is 15.8. The molecule has 0 bridgehead atoms. The van der Waals surface area contributed by atoms with E-state index in [-0.39, 0.29) is 6.10 Å². The van der Waals surface area contributed by atoms with Crippen molar-refractivity contribution in [2.24, 2.45) is 5.73 Å². The minimum atomic E-state index is -0.836. The Morgan fingerprint density at radius 2 is 2.12 bits per heavy atom. The van der Waals surface area contributed by atoms with Gasteiger partial charge in [0.15, 0.2) is 0 Å². The van der Waals surface area contributed by atoms with Gasteiger partial charge in [0, 0.05) is 6.42 Å². The molecule has 0 amide bonds. The molecule has 0 aromatic heterocycles. The zero-order valence-electron chi connectivity index (χ0n) is 10.9. The molecule has 0 radical (unpaired) electrons. The highest BCUT2D eigenvalue weighted by atomic mass is 16.5. The highest BCUT2D eigenvalue weighted by Gasteiger charge is 2.22. The van der Waals surface area contributed by atoms with E-state index in [2.05, 4.69) is 19.1 Å². The molecule has 92 valence electrons. The summed E-state index contributed by atoms with van der Waals surface area (Å²) in [6, 6.07) is 8.04. The number of ether oxygens (including phenoxy) is 1. The lowest BCUT2D eigenvalue weighted by Crippen LogP contribution is -2.38. The summed E-state index contributed by atoms with van der Waals surface area (Å²) in [6.45, 7) is 7.73. The van der Waals surface area contributed by atoms with Crippen LogP contribution < -0.4 is 10.5 Å². The predicted octanol–water partition coefficient (Wildman–Crippen LogP) is 2.70. The molecule has 2 unspecified atom stereocenters. The number of hydrogen-bond acceptors (Lipinski definition) is 3. The van der Waals surface area contributed by atoms with Gasteiger partial charge in [0.2, 0.25) is 0 Å². The summed E-state index contributed by atoms with van der Waals surface area (Å²) in [5.41, 5.74) is 7.30. The number of aryl methyl sites for hydroxylation is 1. The van der Waals surface area contributed by atoms with Crippen molar-refractivity contribution in [1.29, 1.82) is 5.26 Å². The summed E-state index contributed by atoms with van der Waals surface area (Å²) < 4.78 is 5.83. The maximum atomic E-state index is 8.88. The van der Waals surface area contributed by atoms with Crippen molar-refractivity contribution >= 4 is 0 Å². The third-order valence-electron chi connectivity index (χ3n) is 2.85. The largest absolute Gasteiger partial charge is 0.490 e. The SMILES string of the molecule is Cc1cccc(OC(C)CC(C)(N)C#N)c1C. The van der Waals surface area contributed by atoms with Crippen molar-refractivity contribution in [2.75, 3.05) is 0 Å². The van der Waals surface area contributed by atoms with Gasteiger partial charge in [-0.25, -0.2) is 0 Å². The van der Waals surface area contributed by atoms with Crippen LogP contribution in [-0.2, 0) is 0 Å². The van der Waals surface area contributed by atoms with Gasteiger partial charge in [0.25, 0.3) is 0 Å². The molecular formula is C14H20N2O. The second-order valence-corrected chi connectivity index (χ2v) is 4.86. The van der Waals surface area contributed by atoms with Crippen LogP contribution in [0.5, 0.6) is 5.75 Å². The van der Waals surface area contributed by atoms with Crippen LogP contribution >= 0.6 is 0 Å². The van der Waals surface area contributed by atoms with Crippen molar-refractivity contribution in [2.45, 2.75) is 45.8 Å². The number of nitriles is 1. The smallest absolute Gasteiger partial charge is 0.122 e. The average Bonchev–Trinajstić information content (AvgIpc) is 2.24. The van der Waals surface area contributed by atoms with E-state index in [0.717, 1.165) is 11.3 Å². The van der Waals surface area contributed by atoms with Crippen LogP contribution in [0.15, 0.2) is 18.2 Å². The molecule has 1 rings (SSSR count). The van der Waals surface area contributed by atoms with Crippen molar-refractivity contribution in [3.63, 3.8) is 0 Å². The third kappa shape index (κ3) is 3.76. The van der Waals surface area contributed by atoms with Gasteiger partial charge in [-0.15, -0.1) is 0 Å². The lowest BCUT2D eigenvalue weighted by atomic mass is 9.98. The topological polar surface area (TPSA) is 59.0 Å². The first-order chi connectivity index (χ1) is 7.85. The van der Waals surface area contributed by atoms with Gasteiger partial charge in [0.1, 0.15) is 11.3 Å². The molecule has 0 aliphatic rings. The van der Waals surface area contributed by atoms with Crippen LogP contribution in [0.3, 0.4) is 0 Å². The van der Waals surface area contributed by atoms with E-state index in [4.69, 9.17) is 15.7 Å². The van der Waals surface area contributed by atoms with Gasteiger partial charge in [-0.3, -0.25) is 0 Å². The van der Waals surface area contributed by atoms with E-state index in [1.165, 1.54) is 5.56 Å². The van der Waals surface area contributed by atoms with E-state index < -0.39 is 5.54 Å². The Hall–Kier alpha value is -1.53. The van der Waals surface area contributed by atoms with E-state index in [1.54, 1.807) is 6.92 Å². The number of nitrogens with zero attached hydrogens (tertiary/aromatic N) is 1. The Balaban J connectivity index is 2.73. The molecule has 1 aromatic carbocycles. The monoisotopic (exact) mass is 232 g/mol. The summed E-state index contributed by atoms with van der Waals surface area (Å²) in [7, 11) is 0. The van der Waals surface area contributed by atoms with E-state index in [9.17, 15) is 0 Å². The fourth-order valence-electron chi connectivity index (χ4n) is 1.75. The van der Waals surface area contributed by atoms with Gasteiger partial charge >= 0.3 is 0 Å². The van der Waals surface area contributed by atoms with Crippen LogP contribution in [0.1, 0.15) is 31.4 Å². The van der Waals surface area contributed by atoms with Crippen molar-refractivity contribution in [1.82, 2.24) is 0 Å². The Labute approximate surface area is 103 Å². The maximum absolute atomic E-state index is 8.88. The first-order valence-electron chi connectivity index (χ1n) is 5.79. The van der Waals surface area contributed by atoms with Crippen LogP contribution in [-0.4, -0.2) is 11.6 Å². The molecule has 1 aromatic rings. The fourth-order valence-corrected chi connectivity index (χ4v) is 1.75. The number of rotatable bonds is 4. The van der Waals surface area contributed by atoms with Crippen LogP contribution in [0.25, 0.3) is 0 Å². The van der Waals surface area contributed by atoms with Crippen LogP contribution in [0.2, 0.25) is 0 Å². The second kappa shape index (κ2) is 5.20. The Morgan fingerprint density at radius 1 is 1.47 bits per heavy atom. The van der Waals surface area contributed by atoms with Crippen LogP contribution in [0, 0.1) is 25.2 Å². The van der Waals surface area contributed by atoms with Crippen molar-refractivity contribution in [3.8, 4) is 11.8 Å². The van der Waals surface area contributed by atoms with E-state index in [0.29, 0.717) is 6.42 Å². The second-order valence-electron chi connectivity index (χ2n) is 4.86. The maximum Gasteiger partial charge on any atom is 0.122 e. The van der Waals surface area contributed by atoms with Gasteiger partial charge in [-0.2, -0.15) is 5.26 Å². The van der Waals surface area contributed by atoms with Crippen LogP contribution in [0.4, 0.5) is 0 Å². The Morgan fingerprint density at radius 3 is 2.71 bits per heavy atom. The first-order valence-corrected chi connectivity index (χ1v) is 5.79. The summed E-state index contributed by atoms with van der Waals surface area (Å²) in [5.74, 6) is 0.867. The van der Waals surface area contributed by atoms with Crippen molar-refractivity contribution < 1.29 is 4.74 Å². The molecule has 0 aliphatic heterocycles. The highest BCUT2D eigenvalue weighted by molar-refractivity contribution is 5.38. The third-order valence-corrected chi connectivity index (χ3v) is 2.85. The molecule has 17 heavy (non-hydrogen) atoms. The van der Waals surface area contributed by atoms with Gasteiger partial charge in [-0.05, 0) is 44.9 Å². The molecule has 2 atom stereocenters.